The number of benzene rings is 1. The average molecular weight is 375 g/mol. The van der Waals surface area contributed by atoms with Gasteiger partial charge in [0.2, 0.25) is 0 Å². The van der Waals surface area contributed by atoms with Crippen molar-refractivity contribution in [3.63, 3.8) is 0 Å². The van der Waals surface area contributed by atoms with E-state index in [0.29, 0.717) is 10.7 Å². The van der Waals surface area contributed by atoms with Crippen LogP contribution in [0.1, 0.15) is 17.4 Å². The molecule has 26 heavy (non-hydrogen) atoms. The van der Waals surface area contributed by atoms with Gasteiger partial charge in [0.25, 0.3) is 11.9 Å². The predicted octanol–water partition coefficient (Wildman–Crippen LogP) is 2.64. The molecule has 9 heteroatoms. The smallest absolute Gasteiger partial charge is 0.292 e. The fourth-order valence-electron chi connectivity index (χ4n) is 2.38. The third kappa shape index (κ3) is 4.22. The number of carbonyl (C=O) groups is 1. The number of carbonyl (C=O) groups excluding carboxylic acids is 1. The van der Waals surface area contributed by atoms with Gasteiger partial charge in [-0.25, -0.2) is 0 Å². The van der Waals surface area contributed by atoms with Gasteiger partial charge in [-0.05, 0) is 24.2 Å². The van der Waals surface area contributed by atoms with E-state index < -0.39 is 5.91 Å². The number of hydrogen-bond donors (Lipinski definition) is 3. The fraction of sp³-hybridized carbons (Fsp3) is 0.235. The molecule has 1 amide bonds. The van der Waals surface area contributed by atoms with Gasteiger partial charge in [0.05, 0.1) is 23.5 Å². The lowest BCUT2D eigenvalue weighted by molar-refractivity contribution is 0.102. The molecule has 0 bridgehead atoms. The highest BCUT2D eigenvalue weighted by Crippen LogP contribution is 2.29. The van der Waals surface area contributed by atoms with Gasteiger partial charge in [-0.2, -0.15) is 10.1 Å². The molecule has 0 saturated heterocycles. The van der Waals surface area contributed by atoms with Crippen LogP contribution in [0.3, 0.4) is 0 Å². The summed E-state index contributed by atoms with van der Waals surface area (Å²) in [4.78, 5) is 16.0. The molecule has 8 nitrogen and oxygen atoms in total. The number of hydrogen-bond acceptors (Lipinski definition) is 6. The third-order valence-corrected chi connectivity index (χ3v) is 4.03. The Balaban J connectivity index is 1.76. The van der Waals surface area contributed by atoms with Crippen molar-refractivity contribution in [2.24, 2.45) is 0 Å². The molecule has 0 aliphatic heterocycles. The van der Waals surface area contributed by atoms with E-state index in [4.69, 9.17) is 21.8 Å². The van der Waals surface area contributed by atoms with Crippen LogP contribution in [0.2, 0.25) is 5.02 Å². The zero-order chi connectivity index (χ0) is 18.5. The first-order chi connectivity index (χ1) is 12.6. The average Bonchev–Trinajstić information content (AvgIpc) is 3.26. The first kappa shape index (κ1) is 18.0. The first-order valence-corrected chi connectivity index (χ1v) is 8.50. The van der Waals surface area contributed by atoms with Crippen LogP contribution in [0.25, 0.3) is 11.1 Å². The maximum Gasteiger partial charge on any atom is 0.292 e. The van der Waals surface area contributed by atoms with E-state index in [9.17, 15) is 4.79 Å². The van der Waals surface area contributed by atoms with Crippen LogP contribution >= 0.6 is 11.6 Å². The molecule has 0 fully saturated rings. The van der Waals surface area contributed by atoms with Crippen molar-refractivity contribution in [2.75, 3.05) is 24.1 Å². The van der Waals surface area contributed by atoms with Gasteiger partial charge in [-0.1, -0.05) is 24.6 Å². The second-order valence-corrected chi connectivity index (χ2v) is 5.97. The molecule has 0 spiro atoms. The number of likely N-dealkylation sites (N-methyl/N-ethyl adjacent to an activating group) is 1. The van der Waals surface area contributed by atoms with E-state index in [1.54, 1.807) is 18.3 Å². The lowest BCUT2D eigenvalue weighted by atomic mass is 10.1. The van der Waals surface area contributed by atoms with Crippen molar-refractivity contribution >= 4 is 29.2 Å². The molecule has 136 valence electrons. The number of halogens is 1. The molecule has 3 rings (SSSR count). The van der Waals surface area contributed by atoms with E-state index in [2.05, 4.69) is 27.6 Å². The number of amides is 1. The molecule has 0 atom stereocenters. The minimum atomic E-state index is -0.453. The monoisotopic (exact) mass is 374 g/mol. The predicted molar refractivity (Wildman–Crippen MR) is 100 cm³/mol. The summed E-state index contributed by atoms with van der Waals surface area (Å²) in [6.45, 7) is 4.61. The van der Waals surface area contributed by atoms with E-state index in [0.717, 1.165) is 30.8 Å². The molecule has 4 N–H and O–H groups in total. The van der Waals surface area contributed by atoms with E-state index in [-0.39, 0.29) is 11.7 Å². The molecule has 0 saturated carbocycles. The Kier molecular flexibility index (Phi) is 5.55. The van der Waals surface area contributed by atoms with Gasteiger partial charge in [0.1, 0.15) is 6.26 Å². The maximum absolute atomic E-state index is 12.2. The lowest BCUT2D eigenvalue weighted by Crippen LogP contribution is -2.19. The summed E-state index contributed by atoms with van der Waals surface area (Å²) in [7, 11) is 0. The summed E-state index contributed by atoms with van der Waals surface area (Å²) in [6.07, 6.45) is 4.92. The number of nitrogens with zero attached hydrogens (tertiary/aromatic N) is 3. The Morgan fingerprint density at radius 2 is 2.23 bits per heavy atom. The second-order valence-electron chi connectivity index (χ2n) is 5.57. The molecule has 3 aromatic rings. The molecule has 2 aromatic heterocycles. The number of nitrogens with one attached hydrogen (secondary N) is 2. The van der Waals surface area contributed by atoms with Crippen LogP contribution in [0.4, 0.5) is 11.7 Å². The Labute approximate surface area is 155 Å². The highest BCUT2D eigenvalue weighted by molar-refractivity contribution is 6.34. The summed E-state index contributed by atoms with van der Waals surface area (Å²) in [5.41, 5.74) is 7.76. The Hall–Kier alpha value is -2.84. The Bertz CT molecular complexity index is 904. The van der Waals surface area contributed by atoms with Gasteiger partial charge < -0.3 is 20.8 Å². The zero-order valence-corrected chi connectivity index (χ0v) is 15.0. The van der Waals surface area contributed by atoms with Crippen LogP contribution in [0.5, 0.6) is 0 Å². The van der Waals surface area contributed by atoms with Gasteiger partial charge in [0, 0.05) is 18.3 Å². The number of oxazole rings is 1. The topological polar surface area (TPSA) is 111 Å². The molecule has 0 unspecified atom stereocenters. The van der Waals surface area contributed by atoms with E-state index in [1.165, 1.54) is 6.26 Å². The fourth-order valence-corrected chi connectivity index (χ4v) is 2.55. The largest absolute Gasteiger partial charge is 0.431 e. The summed E-state index contributed by atoms with van der Waals surface area (Å²) in [5, 5.41) is 10.7. The van der Waals surface area contributed by atoms with Crippen molar-refractivity contribution in [2.45, 2.75) is 13.5 Å². The van der Waals surface area contributed by atoms with Crippen molar-refractivity contribution in [3.05, 3.63) is 47.6 Å². The van der Waals surface area contributed by atoms with Crippen molar-refractivity contribution < 1.29 is 9.21 Å². The van der Waals surface area contributed by atoms with Crippen LogP contribution in [0.15, 0.2) is 41.3 Å². The molecular formula is C17H19ClN6O2. The SMILES string of the molecule is CCNCCn1cc(-c2ccc(Cl)c(NC(=O)c3coc(N)n3)c2)cn1. The number of nitrogens with two attached hydrogens (primary N) is 1. The molecule has 0 radical (unpaired) electrons. The van der Waals surface area contributed by atoms with Crippen molar-refractivity contribution in [1.82, 2.24) is 20.1 Å². The number of anilines is 2. The second kappa shape index (κ2) is 8.03. The minimum Gasteiger partial charge on any atom is -0.431 e. The first-order valence-electron chi connectivity index (χ1n) is 8.12. The summed E-state index contributed by atoms with van der Waals surface area (Å²) in [5.74, 6) is -0.453. The van der Waals surface area contributed by atoms with Crippen LogP contribution in [-0.2, 0) is 6.54 Å². The van der Waals surface area contributed by atoms with Crippen LogP contribution in [0, 0.1) is 0 Å². The normalized spacial score (nSPS) is 10.8. The highest BCUT2D eigenvalue weighted by Gasteiger charge is 2.14. The highest BCUT2D eigenvalue weighted by atomic mass is 35.5. The molecule has 0 aliphatic carbocycles. The van der Waals surface area contributed by atoms with Crippen LogP contribution in [-0.4, -0.2) is 33.8 Å². The van der Waals surface area contributed by atoms with E-state index >= 15 is 0 Å². The maximum atomic E-state index is 12.2. The standard InChI is InChI=1S/C17H19ClN6O2/c1-2-20-5-6-24-9-12(8-21-24)11-3-4-13(18)14(7-11)22-16(25)15-10-26-17(19)23-15/h3-4,7-10,20H,2,5-6H2,1H3,(H2,19,23)(H,22,25). The zero-order valence-electron chi connectivity index (χ0n) is 14.2. The lowest BCUT2D eigenvalue weighted by Gasteiger charge is -2.08. The minimum absolute atomic E-state index is 0.0695. The molecule has 0 aliphatic rings. The molecular weight excluding hydrogens is 356 g/mol. The number of nitrogen functional groups attached to an aromatic ring is 1. The Morgan fingerprint density at radius 3 is 2.96 bits per heavy atom. The van der Waals surface area contributed by atoms with Gasteiger partial charge >= 0.3 is 0 Å². The quantitative estimate of drug-likeness (QED) is 0.548. The number of rotatable bonds is 7. The van der Waals surface area contributed by atoms with Gasteiger partial charge in [-0.15, -0.1) is 0 Å². The van der Waals surface area contributed by atoms with Gasteiger partial charge in [-0.3, -0.25) is 9.48 Å². The van der Waals surface area contributed by atoms with E-state index in [1.807, 2.05) is 16.9 Å². The van der Waals surface area contributed by atoms with Crippen LogP contribution < -0.4 is 16.4 Å². The summed E-state index contributed by atoms with van der Waals surface area (Å²) < 4.78 is 6.71. The molecule has 1 aromatic carbocycles. The van der Waals surface area contributed by atoms with Gasteiger partial charge in [0.15, 0.2) is 5.69 Å². The Morgan fingerprint density at radius 1 is 1.38 bits per heavy atom. The molecule has 2 heterocycles. The van der Waals surface area contributed by atoms with Crippen molar-refractivity contribution in [1.29, 1.82) is 0 Å². The summed E-state index contributed by atoms with van der Waals surface area (Å²) in [6, 6.07) is 5.31. The third-order valence-electron chi connectivity index (χ3n) is 3.70. The number of aromatic nitrogens is 3. The van der Waals surface area contributed by atoms with Crippen molar-refractivity contribution in [3.8, 4) is 11.1 Å². The summed E-state index contributed by atoms with van der Waals surface area (Å²) >= 11 is 6.20.